The van der Waals surface area contributed by atoms with Gasteiger partial charge in [0.25, 0.3) is 0 Å². The molecule has 1 aromatic rings. The number of carbonyl (C=O) groups is 3. The van der Waals surface area contributed by atoms with Crippen molar-refractivity contribution in [3.63, 3.8) is 0 Å². The van der Waals surface area contributed by atoms with Crippen molar-refractivity contribution in [3.05, 3.63) is 23.3 Å². The number of nitrogens with zero attached hydrogens (tertiary/aromatic N) is 1. The van der Waals surface area contributed by atoms with Gasteiger partial charge in [-0.2, -0.15) is 0 Å². The number of nitrogens with two attached hydrogens (primary N) is 1. The van der Waals surface area contributed by atoms with Crippen LogP contribution in [0.2, 0.25) is 7.73 Å². The number of hydrogen-bond donors (Lipinski definition) is 6. The number of carboxylic acid groups (broad SMARTS) is 1. The van der Waals surface area contributed by atoms with Gasteiger partial charge in [0.15, 0.2) is 1.41 Å². The molecule has 0 spiro atoms. The Labute approximate surface area is 168 Å². The molecule has 2 rings (SSSR count). The first-order chi connectivity index (χ1) is 14.0. The van der Waals surface area contributed by atoms with Gasteiger partial charge in [-0.1, -0.05) is 6.07 Å². The first-order valence-electron chi connectivity index (χ1n) is 9.38. The maximum Gasteiger partial charge on any atom is 0.451 e. The Morgan fingerprint density at radius 3 is 2.62 bits per heavy atom. The standard InChI is InChI=1S/C17H24BN3O8/c1-9(22)20-6-12(19)16(24)21-7-11(8-21)29-13-3-2-10(4-5-18(27)28)15(23)14(13)17(25)26/h2-3,11-12,23,27-28H,4-8,19H2,1H3,(H,20,22)(H,25,26)/t12-/m0/s1/i/hD. The fraction of sp³-hybridized carbons (Fsp3) is 0.471. The average molecular weight is 410 g/mol. The minimum Gasteiger partial charge on any atom is -0.507 e. The van der Waals surface area contributed by atoms with E-state index >= 15 is 0 Å². The lowest BCUT2D eigenvalue weighted by atomic mass is 9.82. The lowest BCUT2D eigenvalue weighted by Crippen LogP contribution is -2.61. The predicted molar refractivity (Wildman–Crippen MR) is 101 cm³/mol. The molecular formula is C17H24BN3O8. The van der Waals surface area contributed by atoms with Crippen LogP contribution in [-0.4, -0.2) is 81.8 Å². The van der Waals surface area contributed by atoms with Crippen molar-refractivity contribution in [2.45, 2.75) is 31.8 Å². The van der Waals surface area contributed by atoms with Gasteiger partial charge in [-0.05, 0) is 24.4 Å². The van der Waals surface area contributed by atoms with Gasteiger partial charge in [0.1, 0.15) is 29.2 Å². The van der Waals surface area contributed by atoms with Crippen LogP contribution in [0.5, 0.6) is 11.5 Å². The molecule has 1 aliphatic rings. The first kappa shape index (κ1) is 20.9. The maximum atomic E-state index is 12.2. The summed E-state index contributed by atoms with van der Waals surface area (Å²) in [5.74, 6) is -3.02. The van der Waals surface area contributed by atoms with Crippen LogP contribution < -0.4 is 15.8 Å². The summed E-state index contributed by atoms with van der Waals surface area (Å²) in [4.78, 5) is 36.2. The number of rotatable bonds is 9. The van der Waals surface area contributed by atoms with Crippen molar-refractivity contribution in [2.75, 3.05) is 19.6 Å². The number of phenols is 1. The molecule has 158 valence electrons. The van der Waals surface area contributed by atoms with E-state index in [1.807, 2.05) is 0 Å². The van der Waals surface area contributed by atoms with Crippen LogP contribution in [0.25, 0.3) is 0 Å². The molecule has 0 aromatic heterocycles. The lowest BCUT2D eigenvalue weighted by molar-refractivity contribution is -0.141. The lowest BCUT2D eigenvalue weighted by Gasteiger charge is -2.40. The number of ether oxygens (including phenoxy) is 1. The second-order valence-corrected chi connectivity index (χ2v) is 6.72. The predicted octanol–water partition coefficient (Wildman–Crippen LogP) is -1.84. The van der Waals surface area contributed by atoms with E-state index < -0.39 is 48.4 Å². The molecule has 0 unspecified atom stereocenters. The Hall–Kier alpha value is -2.83. The van der Waals surface area contributed by atoms with Gasteiger partial charge in [-0.15, -0.1) is 0 Å². The molecule has 1 saturated heterocycles. The molecule has 0 aliphatic carbocycles. The molecule has 2 amide bonds. The molecule has 1 fully saturated rings. The molecule has 29 heavy (non-hydrogen) atoms. The summed E-state index contributed by atoms with van der Waals surface area (Å²) in [5.41, 5.74) is 5.50. The first-order valence-corrected chi connectivity index (χ1v) is 8.93. The van der Waals surface area contributed by atoms with Crippen molar-refractivity contribution in [2.24, 2.45) is 5.73 Å². The molecule has 1 atom stereocenters. The van der Waals surface area contributed by atoms with Crippen LogP contribution in [0, 0.1) is 0 Å². The highest BCUT2D eigenvalue weighted by Gasteiger charge is 2.35. The third kappa shape index (κ3) is 5.83. The highest BCUT2D eigenvalue weighted by molar-refractivity contribution is 6.41. The van der Waals surface area contributed by atoms with Gasteiger partial charge < -0.3 is 40.9 Å². The average Bonchev–Trinajstić information content (AvgIpc) is 2.62. The van der Waals surface area contributed by atoms with Gasteiger partial charge in [0.05, 0.1) is 13.1 Å². The van der Waals surface area contributed by atoms with Crippen LogP contribution in [0.15, 0.2) is 12.1 Å². The van der Waals surface area contributed by atoms with Crippen LogP contribution >= 0.6 is 0 Å². The van der Waals surface area contributed by atoms with Gasteiger partial charge in [0.2, 0.25) is 11.8 Å². The van der Waals surface area contributed by atoms with Crippen molar-refractivity contribution >= 4 is 24.9 Å². The third-order valence-electron chi connectivity index (χ3n) is 4.39. The number of likely N-dealkylation sites (tertiary alicyclic amines) is 1. The number of nitrogens with one attached hydrogen (secondary N) is 1. The molecule has 0 bridgehead atoms. The zero-order valence-electron chi connectivity index (χ0n) is 16.8. The van der Waals surface area contributed by atoms with Gasteiger partial charge in [-0.3, -0.25) is 9.59 Å². The molecule has 7 N–H and O–H groups in total. The Morgan fingerprint density at radius 1 is 1.41 bits per heavy atom. The Morgan fingerprint density at radius 2 is 2.07 bits per heavy atom. The zero-order valence-corrected chi connectivity index (χ0v) is 15.8. The van der Waals surface area contributed by atoms with Crippen molar-refractivity contribution in [3.8, 4) is 11.5 Å². The Balaban J connectivity index is 2.00. The number of amides is 2. The minimum absolute atomic E-state index is 0.0565. The maximum absolute atomic E-state index is 12.2. The molecule has 0 saturated carbocycles. The van der Waals surface area contributed by atoms with E-state index in [-0.39, 0.29) is 43.7 Å². The molecule has 0 radical (unpaired) electrons. The summed E-state index contributed by atoms with van der Waals surface area (Å²) >= 11 is 0. The van der Waals surface area contributed by atoms with E-state index in [4.69, 9.17) is 21.9 Å². The highest BCUT2D eigenvalue weighted by atomic mass is 16.5. The number of hydrogen-bond acceptors (Lipinski definition) is 8. The fourth-order valence-electron chi connectivity index (χ4n) is 2.82. The van der Waals surface area contributed by atoms with Gasteiger partial charge in [0, 0.05) is 13.5 Å². The normalized spacial score (nSPS) is 15.2. The molecule has 1 aliphatic heterocycles. The highest BCUT2D eigenvalue weighted by Crippen LogP contribution is 2.33. The summed E-state index contributed by atoms with van der Waals surface area (Å²) in [6.45, 7) is 1.19. The van der Waals surface area contributed by atoms with E-state index in [1.54, 1.807) is 0 Å². The summed E-state index contributed by atoms with van der Waals surface area (Å²) in [6, 6.07) is 1.73. The number of carbonyl (C=O) groups excluding carboxylic acids is 2. The quantitative estimate of drug-likeness (QED) is 0.255. The monoisotopic (exact) mass is 410 g/mol. The SMILES string of the molecule is [2H]N(C[C@H](N)C(=O)N1CC(Oc2ccc(CCB(O)O)c(O)c2C(=O)O)C1)C(C)=O. The molecule has 1 aromatic carbocycles. The third-order valence-corrected chi connectivity index (χ3v) is 4.39. The second kappa shape index (κ2) is 9.59. The smallest absolute Gasteiger partial charge is 0.451 e. The van der Waals surface area contributed by atoms with Crippen LogP contribution in [0.4, 0.5) is 0 Å². The zero-order chi connectivity index (χ0) is 22.6. The van der Waals surface area contributed by atoms with E-state index in [1.165, 1.54) is 24.0 Å². The largest absolute Gasteiger partial charge is 0.507 e. The molecule has 1 heterocycles. The minimum atomic E-state index is -1.59. The van der Waals surface area contributed by atoms with E-state index in [0.29, 0.717) is 5.31 Å². The number of aryl methyl sites for hydroxylation is 1. The van der Waals surface area contributed by atoms with Crippen LogP contribution in [0.1, 0.15) is 22.8 Å². The van der Waals surface area contributed by atoms with Gasteiger partial charge in [-0.25, -0.2) is 4.79 Å². The van der Waals surface area contributed by atoms with Gasteiger partial charge >= 0.3 is 13.1 Å². The Bertz CT molecular complexity index is 818. The van der Waals surface area contributed by atoms with Crippen LogP contribution in [-0.2, 0) is 16.0 Å². The van der Waals surface area contributed by atoms with Crippen molar-refractivity contribution in [1.29, 1.82) is 0 Å². The summed E-state index contributed by atoms with van der Waals surface area (Å²) in [6.07, 6.45) is -0.545. The number of aromatic hydroxyl groups is 1. The second-order valence-electron chi connectivity index (χ2n) is 6.72. The summed E-state index contributed by atoms with van der Waals surface area (Å²) < 4.78 is 13.0. The Kier molecular flexibility index (Phi) is 6.91. The molecule has 12 heteroatoms. The summed E-state index contributed by atoms with van der Waals surface area (Å²) in [7, 11) is -1.59. The topological polar surface area (TPSA) is 183 Å². The number of benzene rings is 1. The van der Waals surface area contributed by atoms with Crippen molar-refractivity contribution in [1.82, 2.24) is 10.2 Å². The van der Waals surface area contributed by atoms with E-state index in [2.05, 4.69) is 0 Å². The summed E-state index contributed by atoms with van der Waals surface area (Å²) in [5, 5.41) is 38.1. The number of aromatic carboxylic acids is 1. The fourth-order valence-corrected chi connectivity index (χ4v) is 2.82. The molecular weight excluding hydrogens is 385 g/mol. The van der Waals surface area contributed by atoms with Crippen molar-refractivity contribution < 1.29 is 40.8 Å². The molecule has 11 nitrogen and oxygen atoms in total. The van der Waals surface area contributed by atoms with E-state index in [9.17, 15) is 24.6 Å². The van der Waals surface area contributed by atoms with E-state index in [0.717, 1.165) is 0 Å². The van der Waals surface area contributed by atoms with Crippen LogP contribution in [0.3, 0.4) is 0 Å². The number of carboxylic acids is 1.